The Morgan fingerprint density at radius 3 is 1.67 bits per heavy atom. The number of hydrogen-bond donors (Lipinski definition) is 1. The monoisotopic (exact) mass is 674 g/mol. The molecule has 2 aliphatic rings. The predicted molar refractivity (Wildman–Crippen MR) is 176 cm³/mol. The SMILES string of the molecule is C[C@@H]1CN(C(=O)C(=O)OCC(F)(F)F)[C@@H](c2ccccc2)CN1C(=O)C(C)(C)C.C[C@@H]1CN[C@@H](c2ccccc2)CN1C(=O)C(C)(C)C. The maximum Gasteiger partial charge on any atom is 0.422 e. The molecule has 2 aromatic carbocycles. The summed E-state index contributed by atoms with van der Waals surface area (Å²) in [6.07, 6.45) is -4.72. The van der Waals surface area contributed by atoms with Crippen molar-refractivity contribution in [3.05, 3.63) is 71.8 Å². The number of alkyl halides is 3. The summed E-state index contributed by atoms with van der Waals surface area (Å²) in [5.74, 6) is -2.59. The molecule has 2 aliphatic heterocycles. The summed E-state index contributed by atoms with van der Waals surface area (Å²) in [7, 11) is 0. The van der Waals surface area contributed by atoms with E-state index < -0.39 is 42.2 Å². The van der Waals surface area contributed by atoms with Crippen LogP contribution in [-0.4, -0.2) is 89.4 Å². The molecule has 12 heteroatoms. The molecule has 0 saturated carbocycles. The van der Waals surface area contributed by atoms with E-state index in [2.05, 4.69) is 29.1 Å². The zero-order valence-corrected chi connectivity index (χ0v) is 29.1. The maximum atomic E-state index is 12.8. The third-order valence-electron chi connectivity index (χ3n) is 8.30. The van der Waals surface area contributed by atoms with Crippen molar-refractivity contribution in [2.75, 3.05) is 32.8 Å². The minimum absolute atomic E-state index is 0.00132. The highest BCUT2D eigenvalue weighted by molar-refractivity contribution is 6.32. The fraction of sp³-hybridized carbons (Fsp3) is 0.556. The molecule has 2 aromatic rings. The Balaban J connectivity index is 0.000000284. The molecule has 0 unspecified atom stereocenters. The molecular formula is C36H49F3N4O5. The van der Waals surface area contributed by atoms with E-state index in [1.807, 2.05) is 43.9 Å². The number of halogens is 3. The first kappa shape index (κ1) is 38.5. The van der Waals surface area contributed by atoms with Crippen LogP contribution in [0.4, 0.5) is 13.2 Å². The van der Waals surface area contributed by atoms with E-state index in [-0.39, 0.29) is 42.4 Å². The van der Waals surface area contributed by atoms with Gasteiger partial charge in [-0.3, -0.25) is 14.4 Å². The number of carbonyl (C=O) groups excluding carboxylic acids is 4. The molecule has 264 valence electrons. The summed E-state index contributed by atoms with van der Waals surface area (Å²) in [4.78, 5) is 54.7. The lowest BCUT2D eigenvalue weighted by atomic mass is 9.91. The standard InChI is InChI=1S/C20H25F3N2O4.C16H24N2O/c1-13-10-25(16(26)17(27)29-12-20(21,22)23)15(14-8-6-5-7-9-14)11-24(13)18(28)19(2,3)4;1-12-10-17-14(13-8-6-5-7-9-13)11-18(12)15(19)16(2,3)4/h5-9,13,15H,10-12H2,1-4H3;5-9,12,14,17H,10-11H2,1-4H3/t13-,15-;12-,14-/m11/s1. The van der Waals surface area contributed by atoms with Crippen molar-refractivity contribution in [1.82, 2.24) is 20.0 Å². The number of hydrogen-bond acceptors (Lipinski definition) is 6. The third kappa shape index (κ3) is 10.3. The molecule has 2 saturated heterocycles. The van der Waals surface area contributed by atoms with E-state index >= 15 is 0 Å². The quantitative estimate of drug-likeness (QED) is 0.340. The summed E-state index contributed by atoms with van der Waals surface area (Å²) in [6, 6.07) is 18.5. The Kier molecular flexibility index (Phi) is 12.5. The second-order valence-electron chi connectivity index (χ2n) is 14.6. The average Bonchev–Trinajstić information content (AvgIpc) is 3.02. The molecule has 0 radical (unpaired) electrons. The minimum Gasteiger partial charge on any atom is -0.449 e. The van der Waals surface area contributed by atoms with Crippen molar-refractivity contribution in [3.8, 4) is 0 Å². The number of nitrogens with zero attached hydrogens (tertiary/aromatic N) is 3. The molecule has 9 nitrogen and oxygen atoms in total. The highest BCUT2D eigenvalue weighted by Gasteiger charge is 2.43. The van der Waals surface area contributed by atoms with Crippen LogP contribution < -0.4 is 5.32 Å². The maximum absolute atomic E-state index is 12.8. The van der Waals surface area contributed by atoms with Crippen LogP contribution in [0.5, 0.6) is 0 Å². The first-order valence-electron chi connectivity index (χ1n) is 16.2. The Morgan fingerprint density at radius 2 is 1.19 bits per heavy atom. The Morgan fingerprint density at radius 1 is 0.708 bits per heavy atom. The fourth-order valence-electron chi connectivity index (χ4n) is 5.69. The summed E-state index contributed by atoms with van der Waals surface area (Å²) < 4.78 is 41.1. The third-order valence-corrected chi connectivity index (χ3v) is 8.30. The zero-order valence-electron chi connectivity index (χ0n) is 29.1. The van der Waals surface area contributed by atoms with E-state index in [1.54, 1.807) is 62.9 Å². The molecule has 4 rings (SSSR count). The average molecular weight is 675 g/mol. The number of carbonyl (C=O) groups is 4. The lowest BCUT2D eigenvalue weighted by Crippen LogP contribution is -2.59. The first-order valence-corrected chi connectivity index (χ1v) is 16.2. The highest BCUT2D eigenvalue weighted by atomic mass is 19.4. The van der Waals surface area contributed by atoms with Gasteiger partial charge in [0.05, 0.1) is 6.04 Å². The number of nitrogens with one attached hydrogen (secondary N) is 1. The molecule has 0 bridgehead atoms. The van der Waals surface area contributed by atoms with Gasteiger partial charge >= 0.3 is 18.1 Å². The molecule has 1 N–H and O–H groups in total. The van der Waals surface area contributed by atoms with Gasteiger partial charge in [0.1, 0.15) is 0 Å². The van der Waals surface area contributed by atoms with Crippen LogP contribution in [0.25, 0.3) is 0 Å². The number of amides is 3. The van der Waals surface area contributed by atoms with Crippen molar-refractivity contribution in [3.63, 3.8) is 0 Å². The van der Waals surface area contributed by atoms with Gasteiger partial charge in [-0.2, -0.15) is 13.2 Å². The number of esters is 1. The van der Waals surface area contributed by atoms with Crippen molar-refractivity contribution in [2.45, 2.75) is 85.7 Å². The number of benzene rings is 2. The van der Waals surface area contributed by atoms with Crippen molar-refractivity contribution < 1.29 is 37.1 Å². The van der Waals surface area contributed by atoms with E-state index in [1.165, 1.54) is 10.5 Å². The van der Waals surface area contributed by atoms with E-state index in [9.17, 15) is 32.3 Å². The predicted octanol–water partition coefficient (Wildman–Crippen LogP) is 5.53. The van der Waals surface area contributed by atoms with E-state index in [4.69, 9.17) is 0 Å². The van der Waals surface area contributed by atoms with Crippen LogP contribution in [-0.2, 0) is 23.9 Å². The number of piperazine rings is 2. The van der Waals surface area contributed by atoms with Gasteiger partial charge in [-0.15, -0.1) is 0 Å². The summed E-state index contributed by atoms with van der Waals surface area (Å²) in [6.45, 7) is 15.0. The van der Waals surface area contributed by atoms with Gasteiger partial charge in [0, 0.05) is 55.1 Å². The highest BCUT2D eigenvalue weighted by Crippen LogP contribution is 2.32. The van der Waals surface area contributed by atoms with Crippen LogP contribution in [0, 0.1) is 10.8 Å². The molecule has 0 aromatic heterocycles. The Hall–Kier alpha value is -3.93. The van der Waals surface area contributed by atoms with Crippen molar-refractivity contribution in [2.24, 2.45) is 10.8 Å². The fourth-order valence-corrected chi connectivity index (χ4v) is 5.69. The van der Waals surface area contributed by atoms with E-state index in [0.29, 0.717) is 5.56 Å². The van der Waals surface area contributed by atoms with Crippen LogP contribution in [0.2, 0.25) is 0 Å². The van der Waals surface area contributed by atoms with Crippen LogP contribution in [0.15, 0.2) is 60.7 Å². The summed E-state index contributed by atoms with van der Waals surface area (Å²) in [5.41, 5.74) is 0.962. The Bertz CT molecular complexity index is 1410. The summed E-state index contributed by atoms with van der Waals surface area (Å²) in [5, 5.41) is 3.53. The molecule has 2 heterocycles. The van der Waals surface area contributed by atoms with Crippen molar-refractivity contribution in [1.29, 1.82) is 0 Å². The molecule has 2 fully saturated rings. The van der Waals surface area contributed by atoms with Crippen LogP contribution >= 0.6 is 0 Å². The van der Waals surface area contributed by atoms with Crippen LogP contribution in [0.3, 0.4) is 0 Å². The first-order chi connectivity index (χ1) is 22.2. The molecular weight excluding hydrogens is 625 g/mol. The van der Waals surface area contributed by atoms with Gasteiger partial charge in [0.25, 0.3) is 0 Å². The lowest BCUT2D eigenvalue weighted by molar-refractivity contribution is -0.190. The largest absolute Gasteiger partial charge is 0.449 e. The number of ether oxygens (including phenoxy) is 1. The topological polar surface area (TPSA) is 99.3 Å². The van der Waals surface area contributed by atoms with Gasteiger partial charge in [-0.05, 0) is 25.0 Å². The van der Waals surface area contributed by atoms with Crippen LogP contribution in [0.1, 0.15) is 78.6 Å². The van der Waals surface area contributed by atoms with Gasteiger partial charge < -0.3 is 24.8 Å². The van der Waals surface area contributed by atoms with E-state index in [0.717, 1.165) is 13.1 Å². The van der Waals surface area contributed by atoms with Gasteiger partial charge in [0.15, 0.2) is 6.61 Å². The minimum atomic E-state index is -4.72. The normalized spacial score (nSPS) is 21.9. The molecule has 3 amide bonds. The molecule has 48 heavy (non-hydrogen) atoms. The smallest absolute Gasteiger partial charge is 0.422 e. The zero-order chi connectivity index (χ0) is 36.0. The second kappa shape index (κ2) is 15.5. The van der Waals surface area contributed by atoms with Gasteiger partial charge in [0.2, 0.25) is 11.8 Å². The second-order valence-corrected chi connectivity index (χ2v) is 14.6. The summed E-state index contributed by atoms with van der Waals surface area (Å²) >= 11 is 0. The molecule has 4 atom stereocenters. The van der Waals surface area contributed by atoms with Crippen molar-refractivity contribution >= 4 is 23.7 Å². The molecule has 0 spiro atoms. The van der Waals surface area contributed by atoms with Gasteiger partial charge in [-0.1, -0.05) is 102 Å². The Labute approximate surface area is 281 Å². The van der Waals surface area contributed by atoms with Gasteiger partial charge in [-0.25, -0.2) is 4.79 Å². The number of rotatable bonds is 3. The molecule has 0 aliphatic carbocycles. The lowest BCUT2D eigenvalue weighted by Gasteiger charge is -2.46.